The number of aromatic nitrogens is 1. The highest BCUT2D eigenvalue weighted by Crippen LogP contribution is 2.26. The van der Waals surface area contributed by atoms with Crippen LogP contribution in [0.2, 0.25) is 5.02 Å². The van der Waals surface area contributed by atoms with Gasteiger partial charge < -0.3 is 9.30 Å². The Morgan fingerprint density at radius 2 is 1.91 bits per heavy atom. The van der Waals surface area contributed by atoms with Crippen molar-refractivity contribution in [2.75, 3.05) is 0 Å². The van der Waals surface area contributed by atoms with Crippen molar-refractivity contribution in [2.24, 2.45) is 0 Å². The molecule has 0 saturated heterocycles. The molecule has 4 heteroatoms. The standard InChI is InChI=1S/C18H16ClNO2/c1-12-7-8-15(19)17(9-12)22-18(21)11-20-13(2)10-14-5-3-4-6-16(14)20/h3-10H,11H2,1-2H3. The van der Waals surface area contributed by atoms with E-state index in [1.807, 2.05) is 48.7 Å². The zero-order valence-corrected chi connectivity index (χ0v) is 13.2. The number of nitrogens with zero attached hydrogens (tertiary/aromatic N) is 1. The van der Waals surface area contributed by atoms with Crippen LogP contribution in [-0.2, 0) is 11.3 Å². The predicted molar refractivity (Wildman–Crippen MR) is 88.5 cm³/mol. The molecule has 0 unspecified atom stereocenters. The van der Waals surface area contributed by atoms with E-state index in [2.05, 4.69) is 6.07 Å². The van der Waals surface area contributed by atoms with Crippen molar-refractivity contribution in [1.29, 1.82) is 0 Å². The Labute approximate surface area is 134 Å². The fourth-order valence-corrected chi connectivity index (χ4v) is 2.69. The van der Waals surface area contributed by atoms with E-state index < -0.39 is 0 Å². The third kappa shape index (κ3) is 2.85. The Bertz CT molecular complexity index is 851. The quantitative estimate of drug-likeness (QED) is 0.526. The molecule has 0 fully saturated rings. The van der Waals surface area contributed by atoms with Crippen LogP contribution in [0.25, 0.3) is 10.9 Å². The minimum atomic E-state index is -0.336. The summed E-state index contributed by atoms with van der Waals surface area (Å²) < 4.78 is 7.36. The minimum Gasteiger partial charge on any atom is -0.424 e. The molecule has 3 nitrogen and oxygen atoms in total. The van der Waals surface area contributed by atoms with Gasteiger partial charge in [0.15, 0.2) is 0 Å². The highest BCUT2D eigenvalue weighted by atomic mass is 35.5. The highest BCUT2D eigenvalue weighted by Gasteiger charge is 2.13. The van der Waals surface area contributed by atoms with Crippen LogP contribution in [0.3, 0.4) is 0 Å². The van der Waals surface area contributed by atoms with Gasteiger partial charge in [0, 0.05) is 11.2 Å². The molecular formula is C18H16ClNO2. The maximum Gasteiger partial charge on any atom is 0.331 e. The fraction of sp³-hybridized carbons (Fsp3) is 0.167. The predicted octanol–water partition coefficient (Wildman–Crippen LogP) is 4.52. The lowest BCUT2D eigenvalue weighted by Gasteiger charge is -2.10. The highest BCUT2D eigenvalue weighted by molar-refractivity contribution is 6.32. The molecule has 0 atom stereocenters. The van der Waals surface area contributed by atoms with E-state index in [0.29, 0.717) is 10.8 Å². The summed E-state index contributed by atoms with van der Waals surface area (Å²) in [6.45, 7) is 4.06. The molecule has 2 aromatic carbocycles. The Hall–Kier alpha value is -2.26. The summed E-state index contributed by atoms with van der Waals surface area (Å²) in [5.74, 6) is 0.0673. The normalized spacial score (nSPS) is 10.9. The number of ether oxygens (including phenoxy) is 1. The molecule has 0 N–H and O–H groups in total. The summed E-state index contributed by atoms with van der Waals surface area (Å²) in [5.41, 5.74) is 3.04. The van der Waals surface area contributed by atoms with Crippen molar-refractivity contribution >= 4 is 28.5 Å². The van der Waals surface area contributed by atoms with Crippen LogP contribution in [0, 0.1) is 13.8 Å². The fourth-order valence-electron chi connectivity index (χ4n) is 2.53. The van der Waals surface area contributed by atoms with Crippen LogP contribution in [0.1, 0.15) is 11.3 Å². The van der Waals surface area contributed by atoms with E-state index in [-0.39, 0.29) is 12.5 Å². The first kappa shape index (κ1) is 14.7. The molecule has 3 rings (SSSR count). The number of carbonyl (C=O) groups is 1. The van der Waals surface area contributed by atoms with E-state index in [9.17, 15) is 4.79 Å². The summed E-state index contributed by atoms with van der Waals surface area (Å²) >= 11 is 6.06. The largest absolute Gasteiger partial charge is 0.424 e. The molecule has 22 heavy (non-hydrogen) atoms. The van der Waals surface area contributed by atoms with Crippen molar-refractivity contribution in [2.45, 2.75) is 20.4 Å². The number of rotatable bonds is 3. The third-order valence-corrected chi connectivity index (χ3v) is 3.93. The second kappa shape index (κ2) is 5.85. The molecule has 0 aliphatic carbocycles. The van der Waals surface area contributed by atoms with E-state index in [1.165, 1.54) is 0 Å². The van der Waals surface area contributed by atoms with Gasteiger partial charge in [-0.15, -0.1) is 0 Å². The van der Waals surface area contributed by atoms with Gasteiger partial charge in [-0.25, -0.2) is 4.79 Å². The first-order valence-electron chi connectivity index (χ1n) is 7.06. The zero-order valence-electron chi connectivity index (χ0n) is 12.5. The number of halogens is 1. The number of aryl methyl sites for hydroxylation is 2. The third-order valence-electron chi connectivity index (χ3n) is 3.62. The van der Waals surface area contributed by atoms with Gasteiger partial charge in [-0.05, 0) is 49.1 Å². The average molecular weight is 314 g/mol. The molecule has 1 aromatic heterocycles. The van der Waals surface area contributed by atoms with Crippen LogP contribution in [0.4, 0.5) is 0 Å². The molecule has 112 valence electrons. The lowest BCUT2D eigenvalue weighted by Crippen LogP contribution is -2.17. The topological polar surface area (TPSA) is 31.2 Å². The Kier molecular flexibility index (Phi) is 3.90. The number of hydrogen-bond donors (Lipinski definition) is 0. The molecule has 3 aromatic rings. The number of carbonyl (C=O) groups excluding carboxylic acids is 1. The van der Waals surface area contributed by atoms with Crippen molar-refractivity contribution in [3.63, 3.8) is 0 Å². The first-order chi connectivity index (χ1) is 10.5. The maximum atomic E-state index is 12.2. The van der Waals surface area contributed by atoms with Gasteiger partial charge in [0.2, 0.25) is 0 Å². The SMILES string of the molecule is Cc1ccc(Cl)c(OC(=O)Cn2c(C)cc3ccccc32)c1. The molecule has 0 radical (unpaired) electrons. The molecule has 0 amide bonds. The summed E-state index contributed by atoms with van der Waals surface area (Å²) in [6, 6.07) is 15.4. The van der Waals surface area contributed by atoms with Crippen molar-refractivity contribution in [3.8, 4) is 5.75 Å². The lowest BCUT2D eigenvalue weighted by atomic mass is 10.2. The summed E-state index contributed by atoms with van der Waals surface area (Å²) in [4.78, 5) is 12.2. The number of benzene rings is 2. The van der Waals surface area contributed by atoms with E-state index >= 15 is 0 Å². The number of fused-ring (bicyclic) bond motifs is 1. The van der Waals surface area contributed by atoms with Crippen molar-refractivity contribution < 1.29 is 9.53 Å². The molecular weight excluding hydrogens is 298 g/mol. The molecule has 1 heterocycles. The van der Waals surface area contributed by atoms with Gasteiger partial charge in [0.25, 0.3) is 0 Å². The Balaban J connectivity index is 1.84. The van der Waals surface area contributed by atoms with Crippen LogP contribution in [0.5, 0.6) is 5.75 Å². The molecule has 0 bridgehead atoms. The summed E-state index contributed by atoms with van der Waals surface area (Å²) in [5, 5.41) is 1.55. The van der Waals surface area contributed by atoms with Crippen LogP contribution in [-0.4, -0.2) is 10.5 Å². The number of hydrogen-bond acceptors (Lipinski definition) is 2. The molecule has 0 spiro atoms. The minimum absolute atomic E-state index is 0.156. The summed E-state index contributed by atoms with van der Waals surface area (Å²) in [6.07, 6.45) is 0. The molecule has 0 saturated carbocycles. The van der Waals surface area contributed by atoms with E-state index in [1.54, 1.807) is 12.1 Å². The van der Waals surface area contributed by atoms with Gasteiger partial charge in [-0.2, -0.15) is 0 Å². The average Bonchev–Trinajstić information content (AvgIpc) is 2.79. The maximum absolute atomic E-state index is 12.2. The molecule has 0 aliphatic heterocycles. The van der Waals surface area contributed by atoms with Gasteiger partial charge in [-0.1, -0.05) is 35.9 Å². The smallest absolute Gasteiger partial charge is 0.331 e. The van der Waals surface area contributed by atoms with Crippen LogP contribution >= 0.6 is 11.6 Å². The van der Waals surface area contributed by atoms with Crippen molar-refractivity contribution in [1.82, 2.24) is 4.57 Å². The zero-order chi connectivity index (χ0) is 15.7. The van der Waals surface area contributed by atoms with Gasteiger partial charge in [0.05, 0.1) is 5.02 Å². The van der Waals surface area contributed by atoms with Gasteiger partial charge in [0.1, 0.15) is 12.3 Å². The summed E-state index contributed by atoms with van der Waals surface area (Å²) in [7, 11) is 0. The number of esters is 1. The monoisotopic (exact) mass is 313 g/mol. The lowest BCUT2D eigenvalue weighted by molar-refractivity contribution is -0.135. The number of para-hydroxylation sites is 1. The Morgan fingerprint density at radius 3 is 2.73 bits per heavy atom. The first-order valence-corrected chi connectivity index (χ1v) is 7.44. The Morgan fingerprint density at radius 1 is 1.14 bits per heavy atom. The van der Waals surface area contributed by atoms with Gasteiger partial charge in [-0.3, -0.25) is 0 Å². The van der Waals surface area contributed by atoms with Gasteiger partial charge >= 0.3 is 5.97 Å². The molecule has 0 aliphatic rings. The second-order valence-corrected chi connectivity index (χ2v) is 5.75. The van der Waals surface area contributed by atoms with Crippen molar-refractivity contribution in [3.05, 3.63) is 64.8 Å². The van der Waals surface area contributed by atoms with E-state index in [4.69, 9.17) is 16.3 Å². The van der Waals surface area contributed by atoms with Crippen LogP contribution < -0.4 is 4.74 Å². The van der Waals surface area contributed by atoms with Crippen LogP contribution in [0.15, 0.2) is 48.5 Å². The van der Waals surface area contributed by atoms with E-state index in [0.717, 1.165) is 22.2 Å². The second-order valence-electron chi connectivity index (χ2n) is 5.34.